The lowest BCUT2D eigenvalue weighted by Crippen LogP contribution is -2.36. The molecule has 0 amide bonds. The molecule has 4 heteroatoms. The summed E-state index contributed by atoms with van der Waals surface area (Å²) in [5.74, 6) is 0. The first-order valence-corrected chi connectivity index (χ1v) is 7.15. The van der Waals surface area contributed by atoms with Gasteiger partial charge in [-0.3, -0.25) is 0 Å². The zero-order valence-electron chi connectivity index (χ0n) is 11.8. The summed E-state index contributed by atoms with van der Waals surface area (Å²) in [6, 6.07) is 10.8. The molecule has 1 aromatic carbocycles. The van der Waals surface area contributed by atoms with Gasteiger partial charge in [0, 0.05) is 6.54 Å². The predicted molar refractivity (Wildman–Crippen MR) is 83.1 cm³/mol. The molecule has 0 spiro atoms. The van der Waals surface area contributed by atoms with Crippen molar-refractivity contribution in [2.75, 3.05) is 26.7 Å². The molecule has 0 bridgehead atoms. The van der Waals surface area contributed by atoms with E-state index < -0.39 is 0 Å². The van der Waals surface area contributed by atoms with E-state index in [0.29, 0.717) is 0 Å². The SMILES string of the molecule is BN1CCB(CCN(C)Cc2ccccc2)CC1. The quantitative estimate of drug-likeness (QED) is 0.721. The summed E-state index contributed by atoms with van der Waals surface area (Å²) in [6.07, 6.45) is 4.13. The molecular formula is C14H24B2N2. The van der Waals surface area contributed by atoms with Gasteiger partial charge in [-0.15, -0.1) is 0 Å². The maximum absolute atomic E-state index is 2.45. The van der Waals surface area contributed by atoms with Gasteiger partial charge in [-0.05, 0) is 32.2 Å². The third-order valence-electron chi connectivity index (χ3n) is 4.05. The first kappa shape index (κ1) is 13.7. The molecule has 0 aliphatic carbocycles. The highest BCUT2D eigenvalue weighted by molar-refractivity contribution is 6.59. The smallest absolute Gasteiger partial charge is 0.185 e. The van der Waals surface area contributed by atoms with Crippen LogP contribution in [0.1, 0.15) is 5.56 Å². The Morgan fingerprint density at radius 3 is 2.56 bits per heavy atom. The molecule has 2 nitrogen and oxygen atoms in total. The molecule has 1 aromatic rings. The zero-order chi connectivity index (χ0) is 12.8. The van der Waals surface area contributed by atoms with Gasteiger partial charge in [-0.25, -0.2) is 0 Å². The van der Waals surface area contributed by atoms with Gasteiger partial charge in [-0.2, -0.15) is 0 Å². The highest BCUT2D eigenvalue weighted by atomic mass is 15.1. The van der Waals surface area contributed by atoms with Crippen molar-refractivity contribution < 1.29 is 0 Å². The summed E-state index contributed by atoms with van der Waals surface area (Å²) < 4.78 is 0. The lowest BCUT2D eigenvalue weighted by molar-refractivity contribution is 0.343. The van der Waals surface area contributed by atoms with Gasteiger partial charge >= 0.3 is 0 Å². The maximum Gasteiger partial charge on any atom is 0.185 e. The van der Waals surface area contributed by atoms with Gasteiger partial charge in [0.2, 0.25) is 0 Å². The fourth-order valence-electron chi connectivity index (χ4n) is 2.73. The second kappa shape index (κ2) is 7.01. The van der Waals surface area contributed by atoms with E-state index in [1.807, 2.05) is 0 Å². The summed E-state index contributed by atoms with van der Waals surface area (Å²) in [5, 5.41) is 0. The fraction of sp³-hybridized carbons (Fsp3) is 0.571. The van der Waals surface area contributed by atoms with Crippen molar-refractivity contribution in [3.63, 3.8) is 0 Å². The van der Waals surface area contributed by atoms with Crippen molar-refractivity contribution in [3.8, 4) is 0 Å². The third kappa shape index (κ3) is 4.51. The van der Waals surface area contributed by atoms with E-state index in [1.165, 1.54) is 44.2 Å². The van der Waals surface area contributed by atoms with Crippen molar-refractivity contribution in [1.82, 2.24) is 9.71 Å². The Hall–Kier alpha value is -0.730. The van der Waals surface area contributed by atoms with E-state index in [-0.39, 0.29) is 0 Å². The molecule has 0 N–H and O–H groups in total. The number of benzene rings is 1. The lowest BCUT2D eigenvalue weighted by Gasteiger charge is -2.28. The average molecular weight is 242 g/mol. The van der Waals surface area contributed by atoms with Gasteiger partial charge in [0.25, 0.3) is 0 Å². The van der Waals surface area contributed by atoms with E-state index in [0.717, 1.165) is 13.3 Å². The minimum atomic E-state index is 0.944. The molecule has 1 aliphatic rings. The van der Waals surface area contributed by atoms with Crippen LogP contribution in [0.2, 0.25) is 19.0 Å². The molecule has 1 fully saturated rings. The molecule has 1 aliphatic heterocycles. The van der Waals surface area contributed by atoms with Crippen LogP contribution in [0, 0.1) is 0 Å². The summed E-state index contributed by atoms with van der Waals surface area (Å²) in [6.45, 7) is 5.82. The van der Waals surface area contributed by atoms with Gasteiger partial charge in [0.05, 0.1) is 0 Å². The van der Waals surface area contributed by atoms with Gasteiger partial charge < -0.3 is 9.71 Å². The fourth-order valence-corrected chi connectivity index (χ4v) is 2.73. The van der Waals surface area contributed by atoms with Crippen molar-refractivity contribution in [2.45, 2.75) is 25.5 Å². The number of hydrogen-bond acceptors (Lipinski definition) is 2. The van der Waals surface area contributed by atoms with Crippen molar-refractivity contribution in [1.29, 1.82) is 0 Å². The van der Waals surface area contributed by atoms with Crippen molar-refractivity contribution in [2.24, 2.45) is 0 Å². The van der Waals surface area contributed by atoms with Crippen LogP contribution in [0.5, 0.6) is 0 Å². The molecule has 2 rings (SSSR count). The molecule has 0 radical (unpaired) electrons. The number of rotatable bonds is 5. The Balaban J connectivity index is 1.67. The van der Waals surface area contributed by atoms with Crippen molar-refractivity contribution >= 4 is 14.7 Å². The molecule has 1 saturated heterocycles. The normalized spacial score (nSPS) is 17.3. The van der Waals surface area contributed by atoms with E-state index in [2.05, 4.69) is 55.1 Å². The number of hydrogen-bond donors (Lipinski definition) is 0. The van der Waals surface area contributed by atoms with E-state index >= 15 is 0 Å². The van der Waals surface area contributed by atoms with Crippen LogP contribution < -0.4 is 0 Å². The van der Waals surface area contributed by atoms with E-state index in [4.69, 9.17) is 0 Å². The van der Waals surface area contributed by atoms with Crippen LogP contribution in [-0.4, -0.2) is 51.1 Å². The minimum absolute atomic E-state index is 0.944. The largest absolute Gasteiger partial charge is 0.350 e. The summed E-state index contributed by atoms with van der Waals surface area (Å²) in [7, 11) is 4.47. The number of nitrogens with zero attached hydrogens (tertiary/aromatic N) is 2. The highest BCUT2D eigenvalue weighted by Crippen LogP contribution is 2.14. The summed E-state index contributed by atoms with van der Waals surface area (Å²) in [5.41, 5.74) is 1.42. The predicted octanol–water partition coefficient (Wildman–Crippen LogP) is 1.48. The molecule has 0 aromatic heterocycles. The van der Waals surface area contributed by atoms with Crippen LogP contribution >= 0.6 is 0 Å². The maximum atomic E-state index is 2.45. The Bertz CT molecular complexity index is 337. The molecule has 1 heterocycles. The van der Waals surface area contributed by atoms with Crippen LogP contribution in [0.25, 0.3) is 0 Å². The molecule has 0 unspecified atom stereocenters. The molecular weight excluding hydrogens is 218 g/mol. The highest BCUT2D eigenvalue weighted by Gasteiger charge is 2.19. The van der Waals surface area contributed by atoms with E-state index in [1.54, 1.807) is 0 Å². The summed E-state index contributed by atoms with van der Waals surface area (Å²) >= 11 is 0. The van der Waals surface area contributed by atoms with Gasteiger partial charge in [0.1, 0.15) is 6.71 Å². The molecule has 0 saturated carbocycles. The molecule has 0 atom stereocenters. The Labute approximate surface area is 113 Å². The molecule has 96 valence electrons. The standard InChI is InChI=1S/C14H24B2N2/c1-17(13-14-5-3-2-4-6-14)10-7-16-8-11-18(15)12-9-16/h2-6H,7-13,15H2,1H3. The second-order valence-electron chi connectivity index (χ2n) is 5.76. The second-order valence-corrected chi connectivity index (χ2v) is 5.76. The van der Waals surface area contributed by atoms with Gasteiger partial charge in [0.15, 0.2) is 7.98 Å². The van der Waals surface area contributed by atoms with E-state index in [9.17, 15) is 0 Å². The van der Waals surface area contributed by atoms with Crippen LogP contribution in [0.15, 0.2) is 30.3 Å². The third-order valence-corrected chi connectivity index (χ3v) is 4.05. The van der Waals surface area contributed by atoms with Gasteiger partial charge in [-0.1, -0.05) is 49.3 Å². The Kier molecular flexibility index (Phi) is 5.33. The Morgan fingerprint density at radius 2 is 1.89 bits per heavy atom. The van der Waals surface area contributed by atoms with Crippen molar-refractivity contribution in [3.05, 3.63) is 35.9 Å². The van der Waals surface area contributed by atoms with Crippen LogP contribution in [0.4, 0.5) is 0 Å². The average Bonchev–Trinajstić information content (AvgIpc) is 2.39. The lowest BCUT2D eigenvalue weighted by atomic mass is 9.41. The van der Waals surface area contributed by atoms with Crippen LogP contribution in [0.3, 0.4) is 0 Å². The monoisotopic (exact) mass is 242 g/mol. The topological polar surface area (TPSA) is 6.48 Å². The first-order chi connectivity index (χ1) is 8.74. The van der Waals surface area contributed by atoms with Crippen LogP contribution in [-0.2, 0) is 6.54 Å². The molecule has 18 heavy (non-hydrogen) atoms. The minimum Gasteiger partial charge on any atom is -0.350 e. The first-order valence-electron chi connectivity index (χ1n) is 7.15. The zero-order valence-corrected chi connectivity index (χ0v) is 11.8. The summed E-state index contributed by atoms with van der Waals surface area (Å²) in [4.78, 5) is 4.90. The Morgan fingerprint density at radius 1 is 1.22 bits per heavy atom.